The van der Waals surface area contributed by atoms with Crippen molar-refractivity contribution >= 4 is 28.7 Å². The van der Waals surface area contributed by atoms with Gasteiger partial charge in [-0.15, -0.1) is 11.3 Å². The third kappa shape index (κ3) is 5.09. The van der Waals surface area contributed by atoms with E-state index in [-0.39, 0.29) is 0 Å². The van der Waals surface area contributed by atoms with Crippen molar-refractivity contribution in [3.05, 3.63) is 58.3 Å². The SMILES string of the molecule is S=C(NCCc1ccccc1)NC1CC2CCCC(C1)N2Cc1cccs1. The van der Waals surface area contributed by atoms with Crippen molar-refractivity contribution < 1.29 is 0 Å². The fourth-order valence-corrected chi connectivity index (χ4v) is 5.62. The highest BCUT2D eigenvalue weighted by Crippen LogP contribution is 2.35. The van der Waals surface area contributed by atoms with Gasteiger partial charge < -0.3 is 10.6 Å². The normalized spacial score (nSPS) is 25.1. The predicted octanol–water partition coefficient (Wildman–Crippen LogP) is 4.34. The summed E-state index contributed by atoms with van der Waals surface area (Å²) in [5.41, 5.74) is 1.35. The quantitative estimate of drug-likeness (QED) is 0.707. The Kier molecular flexibility index (Phi) is 6.43. The van der Waals surface area contributed by atoms with E-state index in [2.05, 4.69) is 63.4 Å². The van der Waals surface area contributed by atoms with E-state index in [0.29, 0.717) is 18.1 Å². The van der Waals surface area contributed by atoms with E-state index in [1.165, 1.54) is 42.5 Å². The summed E-state index contributed by atoms with van der Waals surface area (Å²) in [6.07, 6.45) is 7.46. The number of rotatable bonds is 6. The molecule has 0 aliphatic carbocycles. The molecule has 2 atom stereocenters. The maximum Gasteiger partial charge on any atom is 0.166 e. The molecule has 0 amide bonds. The number of nitrogens with one attached hydrogen (secondary N) is 2. The van der Waals surface area contributed by atoms with Gasteiger partial charge >= 0.3 is 0 Å². The van der Waals surface area contributed by atoms with E-state index in [1.807, 2.05) is 11.3 Å². The fourth-order valence-electron chi connectivity index (χ4n) is 4.64. The molecule has 2 fully saturated rings. The third-order valence-electron chi connectivity index (χ3n) is 5.92. The Morgan fingerprint density at radius 3 is 2.56 bits per heavy atom. The number of fused-ring (bicyclic) bond motifs is 2. The first kappa shape index (κ1) is 18.9. The van der Waals surface area contributed by atoms with Crippen molar-refractivity contribution in [3.63, 3.8) is 0 Å². The smallest absolute Gasteiger partial charge is 0.166 e. The second-order valence-electron chi connectivity index (χ2n) is 7.79. The molecule has 2 saturated heterocycles. The van der Waals surface area contributed by atoms with Gasteiger partial charge in [-0.1, -0.05) is 42.8 Å². The maximum absolute atomic E-state index is 5.57. The van der Waals surface area contributed by atoms with Crippen LogP contribution in [0.15, 0.2) is 47.8 Å². The zero-order valence-corrected chi connectivity index (χ0v) is 17.4. The lowest BCUT2D eigenvalue weighted by molar-refractivity contribution is 0.0218. The Hall–Kier alpha value is -1.43. The summed E-state index contributed by atoms with van der Waals surface area (Å²) in [5.74, 6) is 0. The maximum atomic E-state index is 5.57. The lowest BCUT2D eigenvalue weighted by Gasteiger charge is -2.49. The second-order valence-corrected chi connectivity index (χ2v) is 9.23. The summed E-state index contributed by atoms with van der Waals surface area (Å²) in [4.78, 5) is 4.26. The van der Waals surface area contributed by atoms with Crippen LogP contribution in [0.5, 0.6) is 0 Å². The fraction of sp³-hybridized carbons (Fsp3) is 0.500. The number of thiocarbonyl (C=S) groups is 1. The molecular weight excluding hydrogens is 370 g/mol. The third-order valence-corrected chi connectivity index (χ3v) is 7.05. The van der Waals surface area contributed by atoms with Crippen LogP contribution in [0.1, 0.15) is 42.5 Å². The monoisotopic (exact) mass is 399 g/mol. The number of thiophene rings is 1. The summed E-state index contributed by atoms with van der Waals surface area (Å²) < 4.78 is 0. The summed E-state index contributed by atoms with van der Waals surface area (Å²) in [5, 5.41) is 10.0. The molecule has 2 aliphatic rings. The zero-order chi connectivity index (χ0) is 18.5. The van der Waals surface area contributed by atoms with Crippen LogP contribution in [0.3, 0.4) is 0 Å². The Morgan fingerprint density at radius 1 is 1.07 bits per heavy atom. The van der Waals surface area contributed by atoms with Crippen LogP contribution in [0, 0.1) is 0 Å². The van der Waals surface area contributed by atoms with Crippen molar-refractivity contribution in [1.82, 2.24) is 15.5 Å². The van der Waals surface area contributed by atoms with Gasteiger partial charge in [-0.25, -0.2) is 0 Å². The minimum absolute atomic E-state index is 0.511. The molecule has 3 nitrogen and oxygen atoms in total. The van der Waals surface area contributed by atoms with Crippen LogP contribution < -0.4 is 10.6 Å². The van der Waals surface area contributed by atoms with Crippen LogP contribution in [0.25, 0.3) is 0 Å². The molecule has 5 heteroatoms. The highest BCUT2D eigenvalue weighted by atomic mass is 32.1. The molecular formula is C22H29N3S2. The van der Waals surface area contributed by atoms with Crippen LogP contribution in [0.2, 0.25) is 0 Å². The van der Waals surface area contributed by atoms with Gasteiger partial charge in [-0.3, -0.25) is 4.90 Å². The lowest BCUT2D eigenvalue weighted by atomic mass is 9.81. The molecule has 0 radical (unpaired) electrons. The number of nitrogens with zero attached hydrogens (tertiary/aromatic N) is 1. The molecule has 1 aromatic carbocycles. The molecule has 2 aromatic rings. The Bertz CT molecular complexity index is 702. The van der Waals surface area contributed by atoms with E-state index in [0.717, 1.165) is 24.6 Å². The number of piperidine rings is 2. The topological polar surface area (TPSA) is 27.3 Å². The first-order chi connectivity index (χ1) is 13.3. The number of hydrogen-bond acceptors (Lipinski definition) is 3. The zero-order valence-electron chi connectivity index (χ0n) is 15.8. The minimum Gasteiger partial charge on any atom is -0.362 e. The van der Waals surface area contributed by atoms with E-state index in [9.17, 15) is 0 Å². The van der Waals surface area contributed by atoms with Crippen LogP contribution in [-0.4, -0.2) is 34.7 Å². The van der Waals surface area contributed by atoms with E-state index < -0.39 is 0 Å². The first-order valence-electron chi connectivity index (χ1n) is 10.1. The molecule has 2 N–H and O–H groups in total. The van der Waals surface area contributed by atoms with Gasteiger partial charge in [-0.05, 0) is 61.3 Å². The van der Waals surface area contributed by atoms with Gasteiger partial charge in [0.1, 0.15) is 0 Å². The van der Waals surface area contributed by atoms with Crippen LogP contribution >= 0.6 is 23.6 Å². The molecule has 2 unspecified atom stereocenters. The van der Waals surface area contributed by atoms with Crippen molar-refractivity contribution in [2.24, 2.45) is 0 Å². The molecule has 4 rings (SSSR count). The largest absolute Gasteiger partial charge is 0.362 e. The second kappa shape index (κ2) is 9.18. The molecule has 2 bridgehead atoms. The summed E-state index contributed by atoms with van der Waals surface area (Å²) in [6, 6.07) is 16.9. The van der Waals surface area contributed by atoms with Gasteiger partial charge in [0.15, 0.2) is 5.11 Å². The minimum atomic E-state index is 0.511. The standard InChI is InChI=1S/C22H29N3S2/c26-22(23-12-11-17-6-2-1-3-7-17)24-18-14-19-8-4-9-20(15-18)25(19)16-21-10-5-13-27-21/h1-3,5-7,10,13,18-20H,4,8-9,11-12,14-16H2,(H2,23,24,26). The molecule has 144 valence electrons. The van der Waals surface area contributed by atoms with Crippen LogP contribution in [-0.2, 0) is 13.0 Å². The van der Waals surface area contributed by atoms with Crippen molar-refractivity contribution in [2.75, 3.05) is 6.54 Å². The lowest BCUT2D eigenvalue weighted by Crippen LogP contribution is -2.57. The Balaban J connectivity index is 1.25. The first-order valence-corrected chi connectivity index (χ1v) is 11.4. The van der Waals surface area contributed by atoms with E-state index >= 15 is 0 Å². The van der Waals surface area contributed by atoms with Gasteiger partial charge in [0.25, 0.3) is 0 Å². The average molecular weight is 400 g/mol. The predicted molar refractivity (Wildman–Crippen MR) is 118 cm³/mol. The average Bonchev–Trinajstić information content (AvgIpc) is 3.16. The van der Waals surface area contributed by atoms with Crippen molar-refractivity contribution in [1.29, 1.82) is 0 Å². The van der Waals surface area contributed by atoms with Gasteiger partial charge in [0, 0.05) is 36.1 Å². The van der Waals surface area contributed by atoms with Gasteiger partial charge in [0.05, 0.1) is 0 Å². The Morgan fingerprint density at radius 2 is 1.85 bits per heavy atom. The summed E-state index contributed by atoms with van der Waals surface area (Å²) in [7, 11) is 0. The molecule has 0 saturated carbocycles. The van der Waals surface area contributed by atoms with Crippen molar-refractivity contribution in [3.8, 4) is 0 Å². The number of benzene rings is 1. The van der Waals surface area contributed by atoms with Crippen molar-refractivity contribution in [2.45, 2.75) is 63.2 Å². The number of hydrogen-bond donors (Lipinski definition) is 2. The summed E-state index contributed by atoms with van der Waals surface area (Å²) >= 11 is 7.46. The molecule has 1 aromatic heterocycles. The molecule has 3 heterocycles. The highest BCUT2D eigenvalue weighted by Gasteiger charge is 2.38. The Labute approximate surface area is 172 Å². The molecule has 27 heavy (non-hydrogen) atoms. The van der Waals surface area contributed by atoms with Gasteiger partial charge in [0.2, 0.25) is 0 Å². The van der Waals surface area contributed by atoms with Crippen LogP contribution in [0.4, 0.5) is 0 Å². The van der Waals surface area contributed by atoms with Gasteiger partial charge in [-0.2, -0.15) is 0 Å². The highest BCUT2D eigenvalue weighted by molar-refractivity contribution is 7.80. The van der Waals surface area contributed by atoms with E-state index in [1.54, 1.807) is 0 Å². The molecule has 0 spiro atoms. The molecule has 2 aliphatic heterocycles. The van der Waals surface area contributed by atoms with E-state index in [4.69, 9.17) is 12.2 Å². The summed E-state index contributed by atoms with van der Waals surface area (Å²) in [6.45, 7) is 2.01.